The highest BCUT2D eigenvalue weighted by molar-refractivity contribution is 5.99. The summed E-state index contributed by atoms with van der Waals surface area (Å²) in [5.41, 5.74) is 3.89. The Morgan fingerprint density at radius 1 is 1.06 bits per heavy atom. The van der Waals surface area contributed by atoms with Gasteiger partial charge in [0.25, 0.3) is 5.91 Å². The number of ether oxygens (including phenoxy) is 1. The molecule has 1 fully saturated rings. The first kappa shape index (κ1) is 21.0. The van der Waals surface area contributed by atoms with E-state index in [2.05, 4.69) is 32.9 Å². The van der Waals surface area contributed by atoms with Gasteiger partial charge in [-0.05, 0) is 48.4 Å². The van der Waals surface area contributed by atoms with Crippen LogP contribution >= 0.6 is 0 Å². The minimum absolute atomic E-state index is 0.0172. The van der Waals surface area contributed by atoms with Crippen LogP contribution in [0.1, 0.15) is 72.5 Å². The standard InChI is InChI=1S/C27H29NO4/c1-16-7-12-21-20(14-16)24(29)22-23(17-8-10-18(11-9-17)27(2,3)4)28(26(30)25(22)32-21)15-19-6-5-13-31-19/h7-12,14,19,23H,5-6,13,15H2,1-4H3/t19-,23+/m1/s1. The van der Waals surface area contributed by atoms with E-state index in [4.69, 9.17) is 9.15 Å². The number of hydrogen-bond donors (Lipinski definition) is 0. The molecule has 1 amide bonds. The summed E-state index contributed by atoms with van der Waals surface area (Å²) >= 11 is 0. The van der Waals surface area contributed by atoms with E-state index in [1.165, 1.54) is 5.56 Å². The lowest BCUT2D eigenvalue weighted by Gasteiger charge is -2.28. The van der Waals surface area contributed by atoms with Gasteiger partial charge in [0.05, 0.1) is 23.1 Å². The normalized spacial score (nSPS) is 20.9. The van der Waals surface area contributed by atoms with E-state index in [0.717, 1.165) is 24.0 Å². The molecule has 32 heavy (non-hydrogen) atoms. The van der Waals surface area contributed by atoms with Gasteiger partial charge < -0.3 is 14.1 Å². The molecule has 1 saturated heterocycles. The molecule has 2 aliphatic rings. The Balaban J connectivity index is 1.67. The topological polar surface area (TPSA) is 59.8 Å². The van der Waals surface area contributed by atoms with Crippen LogP contribution in [0.2, 0.25) is 0 Å². The van der Waals surface area contributed by atoms with Crippen molar-refractivity contribution in [2.24, 2.45) is 0 Å². The van der Waals surface area contributed by atoms with Gasteiger partial charge >= 0.3 is 0 Å². The molecule has 3 aromatic rings. The van der Waals surface area contributed by atoms with Gasteiger partial charge in [-0.25, -0.2) is 0 Å². The third-order valence-electron chi connectivity index (χ3n) is 6.64. The van der Waals surface area contributed by atoms with Crippen molar-refractivity contribution >= 4 is 16.9 Å². The van der Waals surface area contributed by atoms with Crippen molar-refractivity contribution in [2.75, 3.05) is 13.2 Å². The molecule has 0 N–H and O–H groups in total. The Hall–Kier alpha value is -2.92. The number of hydrogen-bond acceptors (Lipinski definition) is 4. The van der Waals surface area contributed by atoms with Crippen molar-refractivity contribution in [3.63, 3.8) is 0 Å². The minimum Gasteiger partial charge on any atom is -0.450 e. The first-order valence-corrected chi connectivity index (χ1v) is 11.3. The molecule has 5 rings (SSSR count). The number of amides is 1. The van der Waals surface area contributed by atoms with Crippen LogP contribution < -0.4 is 5.43 Å². The Kier molecular flexibility index (Phi) is 4.97. The average molecular weight is 432 g/mol. The summed E-state index contributed by atoms with van der Waals surface area (Å²) in [4.78, 5) is 28.9. The number of carbonyl (C=O) groups excluding carboxylic acids is 1. The number of fused-ring (bicyclic) bond motifs is 2. The van der Waals surface area contributed by atoms with Gasteiger partial charge in [-0.3, -0.25) is 9.59 Å². The maximum Gasteiger partial charge on any atom is 0.291 e. The largest absolute Gasteiger partial charge is 0.450 e. The predicted octanol–water partition coefficient (Wildman–Crippen LogP) is 5.12. The Bertz CT molecular complexity index is 1240. The van der Waals surface area contributed by atoms with Crippen LogP contribution in [0.4, 0.5) is 0 Å². The van der Waals surface area contributed by atoms with Crippen molar-refractivity contribution < 1.29 is 13.9 Å². The summed E-state index contributed by atoms with van der Waals surface area (Å²) in [6, 6.07) is 13.3. The molecule has 0 saturated carbocycles. The highest BCUT2D eigenvalue weighted by Crippen LogP contribution is 2.39. The second kappa shape index (κ2) is 7.59. The van der Waals surface area contributed by atoms with Crippen LogP contribution in [0.3, 0.4) is 0 Å². The van der Waals surface area contributed by atoms with Gasteiger partial charge in [0.1, 0.15) is 5.58 Å². The molecular weight excluding hydrogens is 402 g/mol. The van der Waals surface area contributed by atoms with E-state index in [9.17, 15) is 9.59 Å². The lowest BCUT2D eigenvalue weighted by Crippen LogP contribution is -2.36. The smallest absolute Gasteiger partial charge is 0.291 e. The van der Waals surface area contributed by atoms with E-state index in [-0.39, 0.29) is 28.6 Å². The van der Waals surface area contributed by atoms with Crippen LogP contribution in [-0.2, 0) is 10.2 Å². The molecular formula is C27H29NO4. The first-order valence-electron chi connectivity index (χ1n) is 11.3. The van der Waals surface area contributed by atoms with Gasteiger partial charge in [-0.1, -0.05) is 56.7 Å². The fourth-order valence-electron chi connectivity index (χ4n) is 4.84. The SMILES string of the molecule is Cc1ccc2oc3c(c(=O)c2c1)[C@H](c1ccc(C(C)(C)C)cc1)N(C[C@H]1CCCO1)C3=O. The average Bonchev–Trinajstić information content (AvgIpc) is 3.36. The van der Waals surface area contributed by atoms with Gasteiger partial charge in [0.15, 0.2) is 5.43 Å². The molecule has 0 bridgehead atoms. The van der Waals surface area contributed by atoms with Gasteiger partial charge in [0, 0.05) is 13.2 Å². The van der Waals surface area contributed by atoms with Crippen LogP contribution in [0.5, 0.6) is 0 Å². The predicted molar refractivity (Wildman–Crippen MR) is 124 cm³/mol. The summed E-state index contributed by atoms with van der Waals surface area (Å²) in [5, 5.41) is 0.520. The molecule has 0 aliphatic carbocycles. The Labute approximate surface area is 188 Å². The fraction of sp³-hybridized carbons (Fsp3) is 0.407. The number of nitrogens with zero attached hydrogens (tertiary/aromatic N) is 1. The summed E-state index contributed by atoms with van der Waals surface area (Å²) in [6.45, 7) is 9.62. The van der Waals surface area contributed by atoms with Crippen molar-refractivity contribution in [1.82, 2.24) is 4.90 Å². The summed E-state index contributed by atoms with van der Waals surface area (Å²) in [5.74, 6) is -0.0748. The molecule has 2 atom stereocenters. The van der Waals surface area contributed by atoms with Crippen LogP contribution in [0, 0.1) is 6.92 Å². The van der Waals surface area contributed by atoms with E-state index in [0.29, 0.717) is 29.7 Å². The first-order chi connectivity index (χ1) is 15.2. The highest BCUT2D eigenvalue weighted by Gasteiger charge is 2.44. The molecule has 2 aromatic carbocycles. The number of aryl methyl sites for hydroxylation is 1. The number of rotatable bonds is 3. The number of carbonyl (C=O) groups is 1. The summed E-state index contributed by atoms with van der Waals surface area (Å²) in [6.07, 6.45) is 1.89. The maximum atomic E-state index is 13.6. The molecule has 2 aliphatic heterocycles. The summed E-state index contributed by atoms with van der Waals surface area (Å²) < 4.78 is 11.9. The zero-order valence-corrected chi connectivity index (χ0v) is 19.1. The summed E-state index contributed by atoms with van der Waals surface area (Å²) in [7, 11) is 0. The quantitative estimate of drug-likeness (QED) is 0.577. The highest BCUT2D eigenvalue weighted by atomic mass is 16.5. The van der Waals surface area contributed by atoms with E-state index >= 15 is 0 Å². The monoisotopic (exact) mass is 431 g/mol. The second-order valence-corrected chi connectivity index (χ2v) is 10.0. The van der Waals surface area contributed by atoms with Crippen LogP contribution in [-0.4, -0.2) is 30.1 Å². The molecule has 1 aromatic heterocycles. The molecule has 5 nitrogen and oxygen atoms in total. The lowest BCUT2D eigenvalue weighted by atomic mass is 9.86. The molecule has 0 unspecified atom stereocenters. The Morgan fingerprint density at radius 2 is 1.81 bits per heavy atom. The molecule has 0 radical (unpaired) electrons. The van der Waals surface area contributed by atoms with Gasteiger partial charge in [-0.15, -0.1) is 0 Å². The minimum atomic E-state index is -0.475. The van der Waals surface area contributed by atoms with Gasteiger partial charge in [0.2, 0.25) is 5.76 Å². The van der Waals surface area contributed by atoms with E-state index in [1.807, 2.05) is 31.2 Å². The van der Waals surface area contributed by atoms with Gasteiger partial charge in [-0.2, -0.15) is 0 Å². The fourth-order valence-corrected chi connectivity index (χ4v) is 4.84. The molecule has 0 spiro atoms. The zero-order chi connectivity index (χ0) is 22.6. The van der Waals surface area contributed by atoms with Crippen molar-refractivity contribution in [3.8, 4) is 0 Å². The molecule has 166 valence electrons. The van der Waals surface area contributed by atoms with E-state index in [1.54, 1.807) is 11.0 Å². The van der Waals surface area contributed by atoms with Crippen LogP contribution in [0.25, 0.3) is 11.0 Å². The van der Waals surface area contributed by atoms with E-state index < -0.39 is 6.04 Å². The molecule has 5 heteroatoms. The zero-order valence-electron chi connectivity index (χ0n) is 19.1. The third-order valence-corrected chi connectivity index (χ3v) is 6.64. The van der Waals surface area contributed by atoms with Crippen molar-refractivity contribution in [2.45, 2.75) is 58.1 Å². The Morgan fingerprint density at radius 3 is 2.47 bits per heavy atom. The molecule has 3 heterocycles. The number of benzene rings is 2. The third kappa shape index (κ3) is 3.45. The second-order valence-electron chi connectivity index (χ2n) is 10.0. The van der Waals surface area contributed by atoms with Crippen molar-refractivity contribution in [3.05, 3.63) is 80.7 Å². The van der Waals surface area contributed by atoms with Crippen molar-refractivity contribution in [1.29, 1.82) is 0 Å². The lowest BCUT2D eigenvalue weighted by molar-refractivity contribution is 0.0486. The maximum absolute atomic E-state index is 13.6. The van der Waals surface area contributed by atoms with Crippen LogP contribution in [0.15, 0.2) is 51.7 Å².